The summed E-state index contributed by atoms with van der Waals surface area (Å²) in [6.07, 6.45) is 1.72. The average Bonchev–Trinajstić information content (AvgIpc) is 2.35. The highest BCUT2D eigenvalue weighted by Gasteiger charge is 2.07. The Morgan fingerprint density at radius 1 is 1.38 bits per heavy atom. The molecule has 0 aliphatic heterocycles. The van der Waals surface area contributed by atoms with Gasteiger partial charge < -0.3 is 0 Å². The number of ketones is 1. The van der Waals surface area contributed by atoms with E-state index in [1.165, 1.54) is 5.56 Å². The van der Waals surface area contributed by atoms with Crippen LogP contribution in [-0.4, -0.2) is 5.78 Å². The number of hydrogen-bond donors (Lipinski definition) is 0. The van der Waals surface area contributed by atoms with E-state index in [1.807, 2.05) is 30.3 Å². The smallest absolute Gasteiger partial charge is 0.163 e. The summed E-state index contributed by atoms with van der Waals surface area (Å²) >= 11 is 0. The standard InChI is InChI=1S/C14H17NO/c1-3-11(2)12-6-8-13(9-7-12)14(16)5-4-10-15/h6-9,11H,3-5H2,1-2H3. The second-order valence-electron chi connectivity index (χ2n) is 4.01. The lowest BCUT2D eigenvalue weighted by molar-refractivity contribution is 0.0984. The van der Waals surface area contributed by atoms with E-state index in [9.17, 15) is 4.79 Å². The maximum atomic E-state index is 11.6. The molecule has 16 heavy (non-hydrogen) atoms. The number of nitrogens with zero attached hydrogens (tertiary/aromatic N) is 1. The molecule has 0 aromatic heterocycles. The third-order valence-corrected chi connectivity index (χ3v) is 2.88. The van der Waals surface area contributed by atoms with Crippen LogP contribution in [0.3, 0.4) is 0 Å². The van der Waals surface area contributed by atoms with Gasteiger partial charge in [0.05, 0.1) is 6.07 Å². The zero-order chi connectivity index (χ0) is 12.0. The van der Waals surface area contributed by atoms with Crippen molar-refractivity contribution in [3.63, 3.8) is 0 Å². The minimum atomic E-state index is 0.0530. The lowest BCUT2D eigenvalue weighted by Crippen LogP contribution is -1.99. The largest absolute Gasteiger partial charge is 0.294 e. The molecule has 0 amide bonds. The number of carbonyl (C=O) groups excluding carboxylic acids is 1. The van der Waals surface area contributed by atoms with Gasteiger partial charge in [-0.05, 0) is 17.9 Å². The van der Waals surface area contributed by atoms with Gasteiger partial charge in [-0.2, -0.15) is 5.26 Å². The van der Waals surface area contributed by atoms with E-state index in [2.05, 4.69) is 13.8 Å². The van der Waals surface area contributed by atoms with Gasteiger partial charge in [-0.25, -0.2) is 0 Å². The summed E-state index contributed by atoms with van der Waals surface area (Å²) in [5.41, 5.74) is 1.97. The Labute approximate surface area is 96.9 Å². The Morgan fingerprint density at radius 2 is 2.00 bits per heavy atom. The van der Waals surface area contributed by atoms with Gasteiger partial charge in [-0.1, -0.05) is 38.1 Å². The quantitative estimate of drug-likeness (QED) is 0.703. The molecule has 0 heterocycles. The van der Waals surface area contributed by atoms with Gasteiger partial charge >= 0.3 is 0 Å². The van der Waals surface area contributed by atoms with Crippen molar-refractivity contribution in [2.45, 2.75) is 39.0 Å². The van der Waals surface area contributed by atoms with Crippen molar-refractivity contribution < 1.29 is 4.79 Å². The molecule has 0 aliphatic rings. The number of Topliss-reactive ketones (excluding diaryl/α,β-unsaturated/α-hetero) is 1. The number of benzene rings is 1. The summed E-state index contributed by atoms with van der Waals surface area (Å²) in [4.78, 5) is 11.6. The fourth-order valence-electron chi connectivity index (χ4n) is 1.55. The van der Waals surface area contributed by atoms with Crippen LogP contribution in [0.5, 0.6) is 0 Å². The van der Waals surface area contributed by atoms with Crippen molar-refractivity contribution >= 4 is 5.78 Å². The summed E-state index contributed by atoms with van der Waals surface area (Å²) in [6.45, 7) is 4.32. The van der Waals surface area contributed by atoms with Crippen molar-refractivity contribution in [3.05, 3.63) is 35.4 Å². The Kier molecular flexibility index (Phi) is 4.72. The van der Waals surface area contributed by atoms with Crippen LogP contribution in [0.25, 0.3) is 0 Å². The number of carbonyl (C=O) groups is 1. The molecule has 1 aromatic rings. The van der Waals surface area contributed by atoms with E-state index >= 15 is 0 Å². The molecule has 1 unspecified atom stereocenters. The molecular weight excluding hydrogens is 198 g/mol. The summed E-state index contributed by atoms with van der Waals surface area (Å²) in [5, 5.41) is 8.41. The highest BCUT2D eigenvalue weighted by atomic mass is 16.1. The molecule has 1 aromatic carbocycles. The Bertz CT molecular complexity index is 386. The summed E-state index contributed by atoms with van der Waals surface area (Å²) in [6, 6.07) is 9.73. The fraction of sp³-hybridized carbons (Fsp3) is 0.429. The van der Waals surface area contributed by atoms with Gasteiger partial charge in [-0.15, -0.1) is 0 Å². The molecule has 0 saturated carbocycles. The predicted molar refractivity (Wildman–Crippen MR) is 64.3 cm³/mol. The molecule has 0 bridgehead atoms. The van der Waals surface area contributed by atoms with E-state index < -0.39 is 0 Å². The summed E-state index contributed by atoms with van der Waals surface area (Å²) in [5.74, 6) is 0.584. The molecule has 0 N–H and O–H groups in total. The molecule has 0 aliphatic carbocycles. The number of rotatable bonds is 5. The van der Waals surface area contributed by atoms with E-state index in [-0.39, 0.29) is 5.78 Å². The van der Waals surface area contributed by atoms with Crippen LogP contribution >= 0.6 is 0 Å². The van der Waals surface area contributed by atoms with E-state index in [1.54, 1.807) is 0 Å². The fourth-order valence-corrected chi connectivity index (χ4v) is 1.55. The van der Waals surface area contributed by atoms with Gasteiger partial charge in [0.2, 0.25) is 0 Å². The highest BCUT2D eigenvalue weighted by Crippen LogP contribution is 2.19. The van der Waals surface area contributed by atoms with E-state index in [0.29, 0.717) is 24.3 Å². The first-order valence-corrected chi connectivity index (χ1v) is 5.69. The summed E-state index contributed by atoms with van der Waals surface area (Å²) in [7, 11) is 0. The molecule has 84 valence electrons. The lowest BCUT2D eigenvalue weighted by Gasteiger charge is -2.09. The molecule has 2 heteroatoms. The maximum absolute atomic E-state index is 11.6. The van der Waals surface area contributed by atoms with Crippen LogP contribution in [0.15, 0.2) is 24.3 Å². The van der Waals surface area contributed by atoms with Crippen LogP contribution in [0.1, 0.15) is 54.9 Å². The number of hydrogen-bond acceptors (Lipinski definition) is 2. The first-order valence-electron chi connectivity index (χ1n) is 5.69. The Hall–Kier alpha value is -1.62. The predicted octanol–water partition coefficient (Wildman–Crippen LogP) is 3.69. The van der Waals surface area contributed by atoms with Crippen molar-refractivity contribution in [2.24, 2.45) is 0 Å². The molecule has 0 radical (unpaired) electrons. The van der Waals surface area contributed by atoms with Crippen molar-refractivity contribution in [1.82, 2.24) is 0 Å². The zero-order valence-corrected chi connectivity index (χ0v) is 9.86. The van der Waals surface area contributed by atoms with Crippen molar-refractivity contribution in [2.75, 3.05) is 0 Å². The monoisotopic (exact) mass is 215 g/mol. The normalized spacial score (nSPS) is 11.8. The van der Waals surface area contributed by atoms with E-state index in [4.69, 9.17) is 5.26 Å². The van der Waals surface area contributed by atoms with Gasteiger partial charge in [0, 0.05) is 18.4 Å². The lowest BCUT2D eigenvalue weighted by atomic mass is 9.96. The molecule has 1 rings (SSSR count). The SMILES string of the molecule is CCC(C)c1ccc(C(=O)CCC#N)cc1. The first-order chi connectivity index (χ1) is 7.69. The Balaban J connectivity index is 2.71. The van der Waals surface area contributed by atoms with Crippen molar-refractivity contribution in [1.29, 1.82) is 5.26 Å². The van der Waals surface area contributed by atoms with Crippen molar-refractivity contribution in [3.8, 4) is 6.07 Å². The van der Waals surface area contributed by atoms with Crippen LogP contribution < -0.4 is 0 Å². The topological polar surface area (TPSA) is 40.9 Å². The van der Waals surface area contributed by atoms with Gasteiger partial charge in [0.25, 0.3) is 0 Å². The number of nitriles is 1. The molecular formula is C14H17NO. The van der Waals surface area contributed by atoms with Gasteiger partial charge in [0.1, 0.15) is 0 Å². The van der Waals surface area contributed by atoms with Crippen LogP contribution in [0.4, 0.5) is 0 Å². The first kappa shape index (κ1) is 12.4. The Morgan fingerprint density at radius 3 is 2.50 bits per heavy atom. The zero-order valence-electron chi connectivity index (χ0n) is 9.86. The molecule has 1 atom stereocenters. The minimum Gasteiger partial charge on any atom is -0.294 e. The maximum Gasteiger partial charge on any atom is 0.163 e. The second-order valence-corrected chi connectivity index (χ2v) is 4.01. The molecule has 0 spiro atoms. The molecule has 0 fully saturated rings. The molecule has 0 saturated heterocycles. The minimum absolute atomic E-state index is 0.0530. The summed E-state index contributed by atoms with van der Waals surface area (Å²) < 4.78 is 0. The van der Waals surface area contributed by atoms with Crippen LogP contribution in [-0.2, 0) is 0 Å². The molecule has 2 nitrogen and oxygen atoms in total. The van der Waals surface area contributed by atoms with Crippen LogP contribution in [0.2, 0.25) is 0 Å². The average molecular weight is 215 g/mol. The van der Waals surface area contributed by atoms with Crippen LogP contribution in [0, 0.1) is 11.3 Å². The van der Waals surface area contributed by atoms with Gasteiger partial charge in [0.15, 0.2) is 5.78 Å². The second kappa shape index (κ2) is 6.07. The van der Waals surface area contributed by atoms with Gasteiger partial charge in [-0.3, -0.25) is 4.79 Å². The van der Waals surface area contributed by atoms with E-state index in [0.717, 1.165) is 6.42 Å². The third-order valence-electron chi connectivity index (χ3n) is 2.88. The third kappa shape index (κ3) is 3.20. The highest BCUT2D eigenvalue weighted by molar-refractivity contribution is 5.96.